The first kappa shape index (κ1) is 7.78. The van der Waals surface area contributed by atoms with Gasteiger partial charge in [-0.3, -0.25) is 5.41 Å². The molecule has 0 fully saturated rings. The quantitative estimate of drug-likeness (QED) is 0.530. The average molecular weight is 196 g/mol. The van der Waals surface area contributed by atoms with Crippen LogP contribution in [0.15, 0.2) is 0 Å². The number of rotatable bonds is 1. The third-order valence-electron chi connectivity index (χ3n) is 0.815. The Morgan fingerprint density at radius 1 is 1.60 bits per heavy atom. The molecule has 3 N–H and O–H groups in total. The Hall–Kier alpha value is -0.320. The van der Waals surface area contributed by atoms with Gasteiger partial charge in [-0.25, -0.2) is 4.98 Å². The highest BCUT2D eigenvalue weighted by atomic mass is 35.5. The number of aromatic nitrogens is 1. The number of nitrogens with two attached hydrogens (primary N) is 1. The summed E-state index contributed by atoms with van der Waals surface area (Å²) in [7, 11) is 0. The van der Waals surface area contributed by atoms with Crippen molar-refractivity contribution in [3.8, 4) is 0 Å². The topological polar surface area (TPSA) is 62.8 Å². The van der Waals surface area contributed by atoms with E-state index in [4.69, 9.17) is 34.3 Å². The number of hydrogen-bond acceptors (Lipinski definition) is 3. The van der Waals surface area contributed by atoms with Crippen molar-refractivity contribution < 1.29 is 0 Å². The standard InChI is InChI=1S/C4H3Cl2N3S/c5-2-1(3(7)8)9-4(6)10-2/h(H3,7,8). The van der Waals surface area contributed by atoms with Gasteiger partial charge in [0.15, 0.2) is 4.47 Å². The largest absolute Gasteiger partial charge is 0.382 e. The van der Waals surface area contributed by atoms with Gasteiger partial charge in [-0.05, 0) is 0 Å². The number of nitrogens with zero attached hydrogens (tertiary/aromatic N) is 1. The molecular formula is C4H3Cl2N3S. The fourth-order valence-corrected chi connectivity index (χ4v) is 1.78. The predicted octanol–water partition coefficient (Wildman–Crippen LogP) is 1.73. The maximum Gasteiger partial charge on any atom is 0.185 e. The van der Waals surface area contributed by atoms with E-state index in [1.807, 2.05) is 0 Å². The van der Waals surface area contributed by atoms with Crippen LogP contribution in [0.25, 0.3) is 0 Å². The molecule has 54 valence electrons. The first-order chi connectivity index (χ1) is 4.61. The molecule has 0 aliphatic heterocycles. The maximum atomic E-state index is 6.97. The summed E-state index contributed by atoms with van der Waals surface area (Å²) >= 11 is 12.2. The molecule has 0 amide bonds. The van der Waals surface area contributed by atoms with Crippen LogP contribution in [0.3, 0.4) is 0 Å². The Morgan fingerprint density at radius 3 is 2.40 bits per heavy atom. The van der Waals surface area contributed by atoms with Crippen molar-refractivity contribution in [2.75, 3.05) is 0 Å². The van der Waals surface area contributed by atoms with Crippen LogP contribution < -0.4 is 5.73 Å². The first-order valence-corrected chi connectivity index (χ1v) is 3.84. The summed E-state index contributed by atoms with van der Waals surface area (Å²) in [5.74, 6) is -0.159. The second-order valence-electron chi connectivity index (χ2n) is 1.50. The lowest BCUT2D eigenvalue weighted by Crippen LogP contribution is -2.11. The van der Waals surface area contributed by atoms with Gasteiger partial charge < -0.3 is 5.73 Å². The van der Waals surface area contributed by atoms with Crippen LogP contribution in [-0.4, -0.2) is 10.8 Å². The number of hydrogen-bond donors (Lipinski definition) is 2. The van der Waals surface area contributed by atoms with Crippen molar-refractivity contribution >= 4 is 40.4 Å². The minimum Gasteiger partial charge on any atom is -0.382 e. The van der Waals surface area contributed by atoms with Crippen LogP contribution >= 0.6 is 34.5 Å². The van der Waals surface area contributed by atoms with E-state index in [1.54, 1.807) is 0 Å². The van der Waals surface area contributed by atoms with Crippen LogP contribution in [0.4, 0.5) is 0 Å². The number of nitrogens with one attached hydrogen (secondary N) is 1. The Bertz CT molecular complexity index is 269. The molecule has 0 saturated carbocycles. The molecule has 10 heavy (non-hydrogen) atoms. The Balaban J connectivity index is 3.15. The summed E-state index contributed by atoms with van der Waals surface area (Å²) in [6.45, 7) is 0. The second kappa shape index (κ2) is 2.74. The molecule has 0 bridgehead atoms. The zero-order valence-electron chi connectivity index (χ0n) is 4.69. The summed E-state index contributed by atoms with van der Waals surface area (Å²) in [6, 6.07) is 0. The number of nitrogen functional groups attached to an aromatic ring is 1. The second-order valence-corrected chi connectivity index (χ2v) is 3.69. The van der Waals surface area contributed by atoms with E-state index in [0.29, 0.717) is 8.80 Å². The van der Waals surface area contributed by atoms with Gasteiger partial charge in [0.2, 0.25) is 0 Å². The number of halogens is 2. The third kappa shape index (κ3) is 1.39. The Labute approximate surface area is 71.3 Å². The fourth-order valence-electron chi connectivity index (χ4n) is 0.443. The summed E-state index contributed by atoms with van der Waals surface area (Å²) in [5.41, 5.74) is 5.37. The molecule has 0 aliphatic rings. The summed E-state index contributed by atoms with van der Waals surface area (Å²) in [6.07, 6.45) is 0. The minimum atomic E-state index is -0.159. The van der Waals surface area contributed by atoms with Crippen LogP contribution in [-0.2, 0) is 0 Å². The molecule has 6 heteroatoms. The van der Waals surface area contributed by atoms with Crippen LogP contribution in [0.1, 0.15) is 5.69 Å². The van der Waals surface area contributed by atoms with Crippen molar-refractivity contribution in [2.24, 2.45) is 5.73 Å². The Kier molecular flexibility index (Phi) is 2.13. The van der Waals surface area contributed by atoms with Gasteiger partial charge in [0.05, 0.1) is 0 Å². The smallest absolute Gasteiger partial charge is 0.185 e. The maximum absolute atomic E-state index is 6.97. The van der Waals surface area contributed by atoms with Crippen molar-refractivity contribution in [3.05, 3.63) is 14.5 Å². The molecule has 0 unspecified atom stereocenters. The van der Waals surface area contributed by atoms with E-state index in [-0.39, 0.29) is 11.5 Å². The van der Waals surface area contributed by atoms with E-state index in [9.17, 15) is 0 Å². The molecule has 0 atom stereocenters. The normalized spacial score (nSPS) is 9.80. The highest BCUT2D eigenvalue weighted by Crippen LogP contribution is 2.26. The van der Waals surface area contributed by atoms with Crippen molar-refractivity contribution in [3.63, 3.8) is 0 Å². The lowest BCUT2D eigenvalue weighted by molar-refractivity contribution is 1.32. The minimum absolute atomic E-state index is 0.159. The van der Waals surface area contributed by atoms with E-state index in [2.05, 4.69) is 4.98 Å². The van der Waals surface area contributed by atoms with E-state index < -0.39 is 0 Å². The lowest BCUT2D eigenvalue weighted by Gasteiger charge is -1.87. The van der Waals surface area contributed by atoms with Crippen LogP contribution in [0.2, 0.25) is 8.80 Å². The highest BCUT2D eigenvalue weighted by Gasteiger charge is 2.09. The number of amidine groups is 1. The lowest BCUT2D eigenvalue weighted by atomic mass is 10.5. The highest BCUT2D eigenvalue weighted by molar-refractivity contribution is 7.19. The molecule has 0 aromatic carbocycles. The van der Waals surface area contributed by atoms with Crippen molar-refractivity contribution in [2.45, 2.75) is 0 Å². The Morgan fingerprint density at radius 2 is 2.20 bits per heavy atom. The predicted molar refractivity (Wildman–Crippen MR) is 43.2 cm³/mol. The number of thiazole rings is 1. The van der Waals surface area contributed by atoms with Gasteiger partial charge in [0, 0.05) is 0 Å². The van der Waals surface area contributed by atoms with E-state index >= 15 is 0 Å². The third-order valence-corrected chi connectivity index (χ3v) is 2.17. The van der Waals surface area contributed by atoms with Gasteiger partial charge in [-0.1, -0.05) is 34.5 Å². The monoisotopic (exact) mass is 195 g/mol. The van der Waals surface area contributed by atoms with Crippen molar-refractivity contribution in [1.29, 1.82) is 5.41 Å². The van der Waals surface area contributed by atoms with Crippen LogP contribution in [0, 0.1) is 5.41 Å². The fraction of sp³-hybridized carbons (Fsp3) is 0. The molecular weight excluding hydrogens is 193 g/mol. The molecule has 1 rings (SSSR count). The summed E-state index contributed by atoms with van der Waals surface area (Å²) < 4.78 is 0.660. The van der Waals surface area contributed by atoms with Gasteiger partial charge >= 0.3 is 0 Å². The van der Waals surface area contributed by atoms with E-state index in [1.165, 1.54) is 0 Å². The van der Waals surface area contributed by atoms with E-state index in [0.717, 1.165) is 11.3 Å². The summed E-state index contributed by atoms with van der Waals surface area (Å²) in [4.78, 5) is 3.71. The zero-order chi connectivity index (χ0) is 7.72. The molecule has 0 saturated heterocycles. The van der Waals surface area contributed by atoms with Gasteiger partial charge in [0.25, 0.3) is 0 Å². The molecule has 0 aliphatic carbocycles. The molecule has 1 heterocycles. The first-order valence-electron chi connectivity index (χ1n) is 2.27. The van der Waals surface area contributed by atoms with Gasteiger partial charge in [-0.2, -0.15) is 0 Å². The SMILES string of the molecule is N=C(N)c1nc(Cl)sc1Cl. The molecule has 3 nitrogen and oxygen atoms in total. The molecule has 1 aromatic heterocycles. The summed E-state index contributed by atoms with van der Waals surface area (Å²) in [5, 5.41) is 6.97. The van der Waals surface area contributed by atoms with Gasteiger partial charge in [-0.15, -0.1) is 0 Å². The zero-order valence-corrected chi connectivity index (χ0v) is 7.02. The molecule has 0 radical (unpaired) electrons. The molecule has 0 spiro atoms. The molecule has 1 aromatic rings. The van der Waals surface area contributed by atoms with Crippen LogP contribution in [0.5, 0.6) is 0 Å². The van der Waals surface area contributed by atoms with Gasteiger partial charge in [0.1, 0.15) is 15.9 Å². The van der Waals surface area contributed by atoms with Crippen molar-refractivity contribution in [1.82, 2.24) is 4.98 Å². The average Bonchev–Trinajstić information content (AvgIpc) is 2.10.